The van der Waals surface area contributed by atoms with Gasteiger partial charge in [0.1, 0.15) is 18.3 Å². The Balaban J connectivity index is 1.92. The molecule has 5 unspecified atom stereocenters. The molecule has 0 aromatic heterocycles. The van der Waals surface area contributed by atoms with Gasteiger partial charge in [-0.05, 0) is 17.7 Å². The Labute approximate surface area is 159 Å². The molecule has 1 aromatic carbocycles. The number of ether oxygens (including phenoxy) is 2. The van der Waals surface area contributed by atoms with Crippen molar-refractivity contribution in [3.63, 3.8) is 0 Å². The first-order valence-corrected chi connectivity index (χ1v) is 8.48. The van der Waals surface area contributed by atoms with Gasteiger partial charge in [-0.3, -0.25) is 10.1 Å². The van der Waals surface area contributed by atoms with Gasteiger partial charge in [0.05, 0.1) is 0 Å². The first kappa shape index (κ1) is 21.6. The summed E-state index contributed by atoms with van der Waals surface area (Å²) in [6.45, 7) is 2.07. The summed E-state index contributed by atoms with van der Waals surface area (Å²) >= 11 is 0. The predicted molar refractivity (Wildman–Crippen MR) is 93.0 cm³/mol. The Morgan fingerprint density at radius 2 is 1.71 bits per heavy atom. The summed E-state index contributed by atoms with van der Waals surface area (Å²) in [5.74, 6) is -1.68. The van der Waals surface area contributed by atoms with Gasteiger partial charge in [0.25, 0.3) is 0 Å². The maximum absolute atomic E-state index is 12.0. The number of aliphatic carboxylic acids is 1. The number of nitrogens with one attached hydrogen (secondary N) is 2. The van der Waals surface area contributed by atoms with Crippen molar-refractivity contribution in [2.24, 2.45) is 0 Å². The van der Waals surface area contributed by atoms with Gasteiger partial charge < -0.3 is 35.2 Å². The lowest BCUT2D eigenvalue weighted by Crippen LogP contribution is -2.60. The summed E-state index contributed by atoms with van der Waals surface area (Å²) < 4.78 is 9.67. The summed E-state index contributed by atoms with van der Waals surface area (Å²) in [5.41, 5.74) is 1.13. The number of carbonyl (C=O) groups is 3. The van der Waals surface area contributed by atoms with Crippen LogP contribution in [0, 0.1) is 0 Å². The van der Waals surface area contributed by atoms with Crippen LogP contribution in [-0.4, -0.2) is 69.1 Å². The van der Waals surface area contributed by atoms with Crippen LogP contribution in [0.3, 0.4) is 0 Å². The van der Waals surface area contributed by atoms with Gasteiger partial charge in [0, 0.05) is 18.7 Å². The predicted octanol–water partition coefficient (Wildman–Crippen LogP) is -0.846. The second-order valence-electron chi connectivity index (χ2n) is 6.09. The number of aliphatic hydroxyl groups is 3. The van der Waals surface area contributed by atoms with Crippen molar-refractivity contribution < 1.29 is 44.3 Å². The smallest absolute Gasteiger partial charge is 0.414 e. The number of amides is 2. The van der Waals surface area contributed by atoms with E-state index >= 15 is 0 Å². The maximum atomic E-state index is 12.0. The molecule has 1 aromatic rings. The maximum Gasteiger partial charge on any atom is 0.414 e. The minimum atomic E-state index is -1.88. The lowest BCUT2D eigenvalue weighted by molar-refractivity contribution is -0.277. The molecule has 0 radical (unpaired) electrons. The molecule has 6 N–H and O–H groups in total. The Morgan fingerprint density at radius 3 is 2.29 bits per heavy atom. The van der Waals surface area contributed by atoms with Crippen LogP contribution in [0.4, 0.5) is 10.5 Å². The van der Waals surface area contributed by atoms with Gasteiger partial charge in [-0.15, -0.1) is 0 Å². The Morgan fingerprint density at radius 1 is 1.07 bits per heavy atom. The second kappa shape index (κ2) is 9.46. The van der Waals surface area contributed by atoms with Crippen LogP contribution in [0.5, 0.6) is 0 Å². The molecule has 1 aliphatic heterocycles. The van der Waals surface area contributed by atoms with Crippen LogP contribution in [0.2, 0.25) is 0 Å². The summed E-state index contributed by atoms with van der Waals surface area (Å²) in [6, 6.07) is 6.42. The van der Waals surface area contributed by atoms with Crippen molar-refractivity contribution in [3.8, 4) is 0 Å². The van der Waals surface area contributed by atoms with E-state index in [-0.39, 0.29) is 5.91 Å². The van der Waals surface area contributed by atoms with E-state index in [0.717, 1.165) is 5.56 Å². The fraction of sp³-hybridized carbons (Fsp3) is 0.471. The first-order chi connectivity index (χ1) is 13.2. The molecule has 2 rings (SSSR count). The lowest BCUT2D eigenvalue weighted by Gasteiger charge is -2.37. The third kappa shape index (κ3) is 5.39. The van der Waals surface area contributed by atoms with Crippen molar-refractivity contribution in [2.45, 2.75) is 50.6 Å². The van der Waals surface area contributed by atoms with Crippen molar-refractivity contribution in [1.82, 2.24) is 5.32 Å². The molecule has 11 heteroatoms. The molecular formula is C17H22N2O9. The van der Waals surface area contributed by atoms with Crippen LogP contribution in [0.25, 0.3) is 0 Å². The number of hydrogen-bond donors (Lipinski definition) is 6. The van der Waals surface area contributed by atoms with E-state index in [1.165, 1.54) is 0 Å². The normalized spacial score (nSPS) is 26.9. The minimum Gasteiger partial charge on any atom is -0.479 e. The average Bonchev–Trinajstić information content (AvgIpc) is 2.67. The molecule has 1 aliphatic rings. The monoisotopic (exact) mass is 398 g/mol. The highest BCUT2D eigenvalue weighted by atomic mass is 16.7. The standard InChI is InChI=1S/C17H22N2O9/c1-2-10(20)18-7-8-3-5-9(6-4-8)19-17(26)28-16-13(23)11(21)12(22)14(27-16)15(24)25/h3-6,11-14,16,21-23H,2,7H2,1H3,(H,18,20)(H,19,26)(H,24,25). The molecule has 28 heavy (non-hydrogen) atoms. The van der Waals surface area contributed by atoms with Crippen molar-refractivity contribution in [3.05, 3.63) is 29.8 Å². The van der Waals surface area contributed by atoms with Crippen LogP contribution in [-0.2, 0) is 25.6 Å². The lowest BCUT2D eigenvalue weighted by atomic mass is 9.99. The van der Waals surface area contributed by atoms with E-state index in [4.69, 9.17) is 14.6 Å². The summed E-state index contributed by atoms with van der Waals surface area (Å²) in [4.78, 5) is 34.2. The molecule has 0 aliphatic carbocycles. The third-order valence-corrected chi connectivity index (χ3v) is 4.05. The summed E-state index contributed by atoms with van der Waals surface area (Å²) in [6.07, 6.45) is -9.93. The molecule has 0 saturated carbocycles. The van der Waals surface area contributed by atoms with E-state index in [1.807, 2.05) is 0 Å². The average molecular weight is 398 g/mol. The highest BCUT2D eigenvalue weighted by Crippen LogP contribution is 2.23. The van der Waals surface area contributed by atoms with Crippen molar-refractivity contribution >= 4 is 23.7 Å². The third-order valence-electron chi connectivity index (χ3n) is 4.05. The number of hydrogen-bond acceptors (Lipinski definition) is 8. The topological polar surface area (TPSA) is 175 Å². The van der Waals surface area contributed by atoms with Crippen molar-refractivity contribution in [1.29, 1.82) is 0 Å². The van der Waals surface area contributed by atoms with Gasteiger partial charge in [0.2, 0.25) is 12.2 Å². The van der Waals surface area contributed by atoms with E-state index < -0.39 is 42.8 Å². The zero-order valence-corrected chi connectivity index (χ0v) is 14.9. The number of benzene rings is 1. The highest BCUT2D eigenvalue weighted by molar-refractivity contribution is 5.84. The van der Waals surface area contributed by atoms with E-state index in [1.54, 1.807) is 31.2 Å². The fourth-order valence-corrected chi connectivity index (χ4v) is 2.43. The van der Waals surface area contributed by atoms with Gasteiger partial charge in [0.15, 0.2) is 6.10 Å². The largest absolute Gasteiger partial charge is 0.479 e. The Kier molecular flexibility index (Phi) is 7.29. The molecule has 1 fully saturated rings. The molecule has 5 atom stereocenters. The molecule has 2 amide bonds. The molecular weight excluding hydrogens is 376 g/mol. The zero-order valence-electron chi connectivity index (χ0n) is 14.9. The number of rotatable bonds is 6. The quantitative estimate of drug-likeness (QED) is 0.357. The molecule has 0 spiro atoms. The second-order valence-corrected chi connectivity index (χ2v) is 6.09. The molecule has 1 saturated heterocycles. The van der Waals surface area contributed by atoms with Crippen LogP contribution >= 0.6 is 0 Å². The first-order valence-electron chi connectivity index (χ1n) is 8.48. The Hall–Kier alpha value is -2.73. The number of carbonyl (C=O) groups excluding carboxylic acids is 2. The summed E-state index contributed by atoms with van der Waals surface area (Å²) in [5, 5.41) is 43.1. The number of anilines is 1. The van der Waals surface area contributed by atoms with Gasteiger partial charge in [-0.25, -0.2) is 9.59 Å². The molecule has 1 heterocycles. The van der Waals surface area contributed by atoms with Crippen LogP contribution < -0.4 is 10.6 Å². The Bertz CT molecular complexity index is 709. The number of carboxylic acids is 1. The number of carboxylic acid groups (broad SMARTS) is 1. The van der Waals surface area contributed by atoms with E-state index in [9.17, 15) is 29.7 Å². The summed E-state index contributed by atoms with van der Waals surface area (Å²) in [7, 11) is 0. The SMILES string of the molecule is CCC(=O)NCc1ccc(NC(=O)OC2OC(C(=O)O)C(O)C(O)C2O)cc1. The van der Waals surface area contributed by atoms with Crippen molar-refractivity contribution in [2.75, 3.05) is 5.32 Å². The highest BCUT2D eigenvalue weighted by Gasteiger charge is 2.48. The number of aliphatic hydroxyl groups excluding tert-OH is 3. The fourth-order valence-electron chi connectivity index (χ4n) is 2.43. The minimum absolute atomic E-state index is 0.0937. The van der Waals surface area contributed by atoms with Gasteiger partial charge >= 0.3 is 12.1 Å². The van der Waals surface area contributed by atoms with Gasteiger partial charge in [-0.2, -0.15) is 0 Å². The molecule has 11 nitrogen and oxygen atoms in total. The molecule has 154 valence electrons. The van der Waals surface area contributed by atoms with E-state index in [2.05, 4.69) is 10.6 Å². The van der Waals surface area contributed by atoms with Crippen LogP contribution in [0.15, 0.2) is 24.3 Å². The van der Waals surface area contributed by atoms with Crippen LogP contribution in [0.1, 0.15) is 18.9 Å². The van der Waals surface area contributed by atoms with Gasteiger partial charge in [-0.1, -0.05) is 19.1 Å². The zero-order chi connectivity index (χ0) is 20.8. The molecule has 0 bridgehead atoms. The van der Waals surface area contributed by atoms with E-state index in [0.29, 0.717) is 18.7 Å².